The Morgan fingerprint density at radius 3 is 2.74 bits per heavy atom. The van der Waals surface area contributed by atoms with Crippen LogP contribution in [0.2, 0.25) is 0 Å². The van der Waals surface area contributed by atoms with Gasteiger partial charge in [0.2, 0.25) is 5.91 Å². The minimum absolute atomic E-state index is 0.0544. The fourth-order valence-electron chi connectivity index (χ4n) is 3.90. The molecule has 1 atom stereocenters. The van der Waals surface area contributed by atoms with Gasteiger partial charge in [-0.15, -0.1) is 0 Å². The fraction of sp³-hybridized carbons (Fsp3) is 0.476. The highest BCUT2D eigenvalue weighted by Crippen LogP contribution is 2.34. The largest absolute Gasteiger partial charge is 0.453 e. The summed E-state index contributed by atoms with van der Waals surface area (Å²) in [5.41, 5.74) is 3.70. The maximum atomic E-state index is 13.0. The zero-order chi connectivity index (χ0) is 19.6. The molecule has 0 bridgehead atoms. The van der Waals surface area contributed by atoms with Gasteiger partial charge in [-0.2, -0.15) is 0 Å². The van der Waals surface area contributed by atoms with E-state index in [0.717, 1.165) is 40.7 Å². The number of rotatable bonds is 3. The van der Waals surface area contributed by atoms with E-state index in [9.17, 15) is 9.59 Å². The number of hydrogen-bond acceptors (Lipinski definition) is 4. The lowest BCUT2D eigenvalue weighted by Gasteiger charge is -2.31. The van der Waals surface area contributed by atoms with Gasteiger partial charge in [-0.1, -0.05) is 32.0 Å². The van der Waals surface area contributed by atoms with Crippen molar-refractivity contribution in [3.05, 3.63) is 35.5 Å². The smallest absolute Gasteiger partial charge is 0.409 e. The molecule has 27 heavy (non-hydrogen) atoms. The van der Waals surface area contributed by atoms with Gasteiger partial charge < -0.3 is 15.0 Å². The molecule has 6 heteroatoms. The lowest BCUT2D eigenvalue weighted by Crippen LogP contribution is -2.43. The molecule has 3 rings (SSSR count). The van der Waals surface area contributed by atoms with Crippen molar-refractivity contribution >= 4 is 28.6 Å². The van der Waals surface area contributed by atoms with Crippen LogP contribution in [0.15, 0.2) is 24.3 Å². The molecule has 1 saturated heterocycles. The fourth-order valence-corrected chi connectivity index (χ4v) is 3.90. The Bertz CT molecular complexity index is 863. The van der Waals surface area contributed by atoms with Gasteiger partial charge in [0.05, 0.1) is 24.2 Å². The third-order valence-electron chi connectivity index (χ3n) is 5.17. The molecule has 144 valence electrons. The number of aryl methyl sites for hydroxylation is 1. The van der Waals surface area contributed by atoms with Gasteiger partial charge in [0.25, 0.3) is 0 Å². The quantitative estimate of drug-likeness (QED) is 0.885. The first-order chi connectivity index (χ1) is 12.9. The average Bonchev–Trinajstić information content (AvgIpc) is 2.67. The summed E-state index contributed by atoms with van der Waals surface area (Å²) in [7, 11) is 1.37. The number of aromatic nitrogens is 1. The number of carbonyl (C=O) groups excluding carboxylic acids is 2. The number of nitrogens with zero attached hydrogens (tertiary/aromatic N) is 2. The van der Waals surface area contributed by atoms with Crippen LogP contribution in [0.25, 0.3) is 10.9 Å². The van der Waals surface area contributed by atoms with Gasteiger partial charge in [-0.3, -0.25) is 9.78 Å². The first-order valence-electron chi connectivity index (χ1n) is 9.45. The molecule has 1 aromatic heterocycles. The summed E-state index contributed by atoms with van der Waals surface area (Å²) in [6.07, 6.45) is 1.18. The number of pyridine rings is 1. The van der Waals surface area contributed by atoms with Crippen molar-refractivity contribution in [2.24, 2.45) is 5.92 Å². The first-order valence-corrected chi connectivity index (χ1v) is 9.45. The molecule has 0 saturated carbocycles. The monoisotopic (exact) mass is 369 g/mol. The molecule has 6 nitrogen and oxygen atoms in total. The van der Waals surface area contributed by atoms with Crippen LogP contribution < -0.4 is 5.32 Å². The third-order valence-corrected chi connectivity index (χ3v) is 5.17. The van der Waals surface area contributed by atoms with Crippen molar-refractivity contribution in [1.29, 1.82) is 0 Å². The lowest BCUT2D eigenvalue weighted by atomic mass is 9.94. The number of piperidine rings is 1. The predicted molar refractivity (Wildman–Crippen MR) is 106 cm³/mol. The summed E-state index contributed by atoms with van der Waals surface area (Å²) >= 11 is 0. The maximum absolute atomic E-state index is 13.0. The second-order valence-corrected chi connectivity index (χ2v) is 7.40. The normalized spacial score (nSPS) is 17.2. The number of carbonyl (C=O) groups is 2. The minimum atomic E-state index is -0.374. The van der Waals surface area contributed by atoms with Gasteiger partial charge >= 0.3 is 6.09 Å². The Morgan fingerprint density at radius 1 is 1.30 bits per heavy atom. The molecule has 0 aliphatic carbocycles. The van der Waals surface area contributed by atoms with E-state index in [1.807, 2.05) is 31.2 Å². The summed E-state index contributed by atoms with van der Waals surface area (Å²) in [5.74, 6) is -0.0679. The molecule has 2 aromatic rings. The second kappa shape index (κ2) is 7.94. The van der Waals surface area contributed by atoms with Crippen LogP contribution in [-0.2, 0) is 9.53 Å². The number of fused-ring (bicyclic) bond motifs is 1. The molecule has 1 aliphatic heterocycles. The van der Waals surface area contributed by atoms with Crippen LogP contribution in [0.5, 0.6) is 0 Å². The number of nitrogens with one attached hydrogen (secondary N) is 1. The van der Waals surface area contributed by atoms with E-state index in [-0.39, 0.29) is 23.8 Å². The van der Waals surface area contributed by atoms with Crippen LogP contribution in [0.1, 0.15) is 43.9 Å². The van der Waals surface area contributed by atoms with Crippen LogP contribution in [-0.4, -0.2) is 42.1 Å². The maximum Gasteiger partial charge on any atom is 0.409 e. The van der Waals surface area contributed by atoms with E-state index >= 15 is 0 Å². The molecule has 1 N–H and O–H groups in total. The molecule has 1 aromatic carbocycles. The summed E-state index contributed by atoms with van der Waals surface area (Å²) in [6.45, 7) is 7.21. The number of benzene rings is 1. The Kier molecular flexibility index (Phi) is 5.63. The van der Waals surface area contributed by atoms with Gasteiger partial charge in [0.15, 0.2) is 0 Å². The number of hydrogen-bond donors (Lipinski definition) is 1. The highest BCUT2D eigenvalue weighted by Gasteiger charge is 2.30. The van der Waals surface area contributed by atoms with Crippen LogP contribution in [0.4, 0.5) is 10.5 Å². The zero-order valence-electron chi connectivity index (χ0n) is 16.4. The second-order valence-electron chi connectivity index (χ2n) is 7.40. The molecule has 2 heterocycles. The standard InChI is InChI=1S/C21H27N3O3/c1-13(2)18-14(3)22-17-10-6-5-9-16(17)19(18)23-20(25)15-8-7-11-24(12-15)21(26)27-4/h5-6,9-10,13,15H,7-8,11-12H2,1-4H3,(H,22,23,25). The SMILES string of the molecule is COC(=O)N1CCCC(C(=O)Nc2c(C(C)C)c(C)nc3ccccc23)C1. The number of methoxy groups -OCH3 is 1. The Labute approximate surface area is 159 Å². The van der Waals surface area contributed by atoms with E-state index in [4.69, 9.17) is 9.72 Å². The summed E-state index contributed by atoms with van der Waals surface area (Å²) in [4.78, 5) is 31.2. The van der Waals surface area contributed by atoms with Gasteiger partial charge in [-0.25, -0.2) is 4.79 Å². The molecule has 0 radical (unpaired) electrons. The highest BCUT2D eigenvalue weighted by molar-refractivity contribution is 6.03. The molecule has 1 fully saturated rings. The molecule has 0 spiro atoms. The third kappa shape index (κ3) is 3.89. The number of ether oxygens (including phenoxy) is 1. The van der Waals surface area contributed by atoms with Crippen molar-refractivity contribution in [3.63, 3.8) is 0 Å². The first kappa shape index (κ1) is 19.1. The minimum Gasteiger partial charge on any atom is -0.453 e. The van der Waals surface area contributed by atoms with E-state index in [1.165, 1.54) is 7.11 Å². The van der Waals surface area contributed by atoms with Crippen LogP contribution >= 0.6 is 0 Å². The number of likely N-dealkylation sites (tertiary alicyclic amines) is 1. The van der Waals surface area contributed by atoms with Crippen LogP contribution in [0.3, 0.4) is 0 Å². The predicted octanol–water partition coefficient (Wildman–Crippen LogP) is 4.08. The van der Waals surface area contributed by atoms with Crippen molar-refractivity contribution in [2.45, 2.75) is 39.5 Å². The van der Waals surface area contributed by atoms with Crippen molar-refractivity contribution < 1.29 is 14.3 Å². The van der Waals surface area contributed by atoms with Gasteiger partial charge in [0.1, 0.15) is 0 Å². The average molecular weight is 369 g/mol. The van der Waals surface area contributed by atoms with Crippen molar-refractivity contribution in [3.8, 4) is 0 Å². The Morgan fingerprint density at radius 2 is 2.04 bits per heavy atom. The molecule has 2 amide bonds. The van der Waals surface area contributed by atoms with E-state index in [1.54, 1.807) is 4.90 Å². The molecular formula is C21H27N3O3. The van der Waals surface area contributed by atoms with Gasteiger partial charge in [-0.05, 0) is 31.7 Å². The van der Waals surface area contributed by atoms with Crippen molar-refractivity contribution in [1.82, 2.24) is 9.88 Å². The summed E-state index contributed by atoms with van der Waals surface area (Å²) in [5, 5.41) is 4.11. The van der Waals surface area contributed by atoms with E-state index in [2.05, 4.69) is 19.2 Å². The molecular weight excluding hydrogens is 342 g/mol. The van der Waals surface area contributed by atoms with E-state index in [0.29, 0.717) is 13.1 Å². The number of anilines is 1. The zero-order valence-corrected chi connectivity index (χ0v) is 16.4. The Balaban J connectivity index is 1.92. The van der Waals surface area contributed by atoms with E-state index < -0.39 is 0 Å². The van der Waals surface area contributed by atoms with Crippen molar-refractivity contribution in [2.75, 3.05) is 25.5 Å². The number of amides is 2. The number of para-hydroxylation sites is 1. The summed E-state index contributed by atoms with van der Waals surface area (Å²) in [6, 6.07) is 7.86. The topological polar surface area (TPSA) is 71.5 Å². The summed E-state index contributed by atoms with van der Waals surface area (Å²) < 4.78 is 4.81. The Hall–Kier alpha value is -2.63. The molecule has 1 aliphatic rings. The highest BCUT2D eigenvalue weighted by atomic mass is 16.5. The molecule has 1 unspecified atom stereocenters. The van der Waals surface area contributed by atoms with Crippen LogP contribution in [0, 0.1) is 12.8 Å². The lowest BCUT2D eigenvalue weighted by molar-refractivity contribution is -0.121. The van der Waals surface area contributed by atoms with Gasteiger partial charge in [0, 0.05) is 29.7 Å².